The summed E-state index contributed by atoms with van der Waals surface area (Å²) in [6.45, 7) is 5.41. The lowest BCUT2D eigenvalue weighted by molar-refractivity contribution is 0.454. The summed E-state index contributed by atoms with van der Waals surface area (Å²) in [5.41, 5.74) is 7.20. The van der Waals surface area contributed by atoms with Gasteiger partial charge in [-0.1, -0.05) is 13.8 Å². The van der Waals surface area contributed by atoms with E-state index in [1.54, 1.807) is 0 Å². The average molecular weight is 216 g/mol. The van der Waals surface area contributed by atoms with Crippen molar-refractivity contribution in [3.8, 4) is 0 Å². The summed E-state index contributed by atoms with van der Waals surface area (Å²) in [6.07, 6.45) is 4.05. The molecule has 1 atom stereocenters. The van der Waals surface area contributed by atoms with Gasteiger partial charge in [0.25, 0.3) is 0 Å². The smallest absolute Gasteiger partial charge is 0.111 e. The summed E-state index contributed by atoms with van der Waals surface area (Å²) in [4.78, 5) is 4.44. The number of aromatic nitrogens is 2. The third-order valence-electron chi connectivity index (χ3n) is 2.68. The van der Waals surface area contributed by atoms with Crippen molar-refractivity contribution in [2.75, 3.05) is 0 Å². The second-order valence-electron chi connectivity index (χ2n) is 4.17. The molecule has 0 aliphatic carbocycles. The van der Waals surface area contributed by atoms with Crippen molar-refractivity contribution in [2.24, 2.45) is 5.73 Å². The number of nitrogens with zero attached hydrogens (tertiary/aromatic N) is 2. The predicted octanol–water partition coefficient (Wildman–Crippen LogP) is 1.70. The number of halogens is 1. The van der Waals surface area contributed by atoms with E-state index in [0.717, 1.165) is 19.4 Å². The van der Waals surface area contributed by atoms with E-state index in [0.29, 0.717) is 12.0 Å². The Kier molecular flexibility index (Phi) is 3.56. The van der Waals surface area contributed by atoms with Gasteiger partial charge in [-0.15, -0.1) is 12.4 Å². The summed E-state index contributed by atoms with van der Waals surface area (Å²) >= 11 is 0. The molecule has 0 fully saturated rings. The molecule has 1 aliphatic heterocycles. The number of hydrogen-bond acceptors (Lipinski definition) is 2. The second-order valence-corrected chi connectivity index (χ2v) is 4.17. The topological polar surface area (TPSA) is 43.8 Å². The minimum atomic E-state index is 0. The van der Waals surface area contributed by atoms with E-state index in [-0.39, 0.29) is 12.4 Å². The first-order valence-electron chi connectivity index (χ1n) is 4.98. The van der Waals surface area contributed by atoms with Crippen LogP contribution in [-0.2, 0) is 13.0 Å². The van der Waals surface area contributed by atoms with Crippen LogP contribution in [0.5, 0.6) is 0 Å². The molecular weight excluding hydrogens is 198 g/mol. The Labute approximate surface area is 91.1 Å². The molecule has 4 heteroatoms. The molecule has 3 nitrogen and oxygen atoms in total. The first kappa shape index (κ1) is 11.5. The summed E-state index contributed by atoms with van der Waals surface area (Å²) in [5.74, 6) is 1.73. The number of imidazole rings is 1. The summed E-state index contributed by atoms with van der Waals surface area (Å²) < 4.78 is 2.33. The molecule has 2 N–H and O–H groups in total. The SMILES string of the molecule is CC(C)c1ncc2n1CCC(N)C2.Cl. The molecule has 14 heavy (non-hydrogen) atoms. The lowest BCUT2D eigenvalue weighted by Gasteiger charge is -2.22. The zero-order valence-corrected chi connectivity index (χ0v) is 9.55. The Hall–Kier alpha value is -0.540. The normalized spacial score (nSPS) is 20.4. The fourth-order valence-corrected chi connectivity index (χ4v) is 1.97. The Morgan fingerprint density at radius 3 is 2.93 bits per heavy atom. The highest BCUT2D eigenvalue weighted by molar-refractivity contribution is 5.85. The standard InChI is InChI=1S/C10H17N3.ClH/c1-7(2)10-12-6-9-5-8(11)3-4-13(9)10;/h6-8H,3-5,11H2,1-2H3;1H. The highest BCUT2D eigenvalue weighted by Gasteiger charge is 2.19. The largest absolute Gasteiger partial charge is 0.332 e. The quantitative estimate of drug-likeness (QED) is 0.775. The molecule has 80 valence electrons. The molecule has 1 aliphatic rings. The van der Waals surface area contributed by atoms with Crippen molar-refractivity contribution < 1.29 is 0 Å². The van der Waals surface area contributed by atoms with Gasteiger partial charge < -0.3 is 10.3 Å². The predicted molar refractivity (Wildman–Crippen MR) is 59.9 cm³/mol. The highest BCUT2D eigenvalue weighted by atomic mass is 35.5. The molecule has 0 radical (unpaired) electrons. The van der Waals surface area contributed by atoms with E-state index in [4.69, 9.17) is 5.73 Å². The maximum absolute atomic E-state index is 5.89. The Bertz CT molecular complexity index is 306. The van der Waals surface area contributed by atoms with Gasteiger partial charge in [0.05, 0.1) is 0 Å². The third-order valence-corrected chi connectivity index (χ3v) is 2.68. The van der Waals surface area contributed by atoms with E-state index in [1.807, 2.05) is 6.20 Å². The number of rotatable bonds is 1. The van der Waals surface area contributed by atoms with Crippen molar-refractivity contribution in [3.05, 3.63) is 17.7 Å². The van der Waals surface area contributed by atoms with Crippen LogP contribution >= 0.6 is 12.4 Å². The van der Waals surface area contributed by atoms with E-state index in [2.05, 4.69) is 23.4 Å². The van der Waals surface area contributed by atoms with Crippen LogP contribution in [0.4, 0.5) is 0 Å². The van der Waals surface area contributed by atoms with E-state index >= 15 is 0 Å². The zero-order valence-electron chi connectivity index (χ0n) is 8.73. The van der Waals surface area contributed by atoms with Crippen LogP contribution in [-0.4, -0.2) is 15.6 Å². The molecule has 0 amide bonds. The van der Waals surface area contributed by atoms with Crippen LogP contribution < -0.4 is 5.73 Å². The molecule has 2 heterocycles. The maximum Gasteiger partial charge on any atom is 0.111 e. The molecule has 0 aromatic carbocycles. The number of nitrogens with two attached hydrogens (primary N) is 1. The van der Waals surface area contributed by atoms with Gasteiger partial charge in [-0.2, -0.15) is 0 Å². The van der Waals surface area contributed by atoms with Crippen molar-refractivity contribution in [3.63, 3.8) is 0 Å². The molecule has 1 unspecified atom stereocenters. The van der Waals surface area contributed by atoms with Crippen LogP contribution in [0.1, 0.15) is 37.7 Å². The Morgan fingerprint density at radius 2 is 2.29 bits per heavy atom. The first-order chi connectivity index (χ1) is 6.18. The molecule has 0 spiro atoms. The van der Waals surface area contributed by atoms with Crippen LogP contribution in [0, 0.1) is 0 Å². The van der Waals surface area contributed by atoms with Gasteiger partial charge in [0.15, 0.2) is 0 Å². The van der Waals surface area contributed by atoms with Gasteiger partial charge in [-0.3, -0.25) is 0 Å². The van der Waals surface area contributed by atoms with E-state index in [9.17, 15) is 0 Å². The van der Waals surface area contributed by atoms with Crippen LogP contribution in [0.2, 0.25) is 0 Å². The van der Waals surface area contributed by atoms with Crippen LogP contribution in [0.15, 0.2) is 6.20 Å². The number of hydrogen-bond donors (Lipinski definition) is 1. The molecule has 1 aromatic heterocycles. The second kappa shape index (κ2) is 4.32. The Balaban J connectivity index is 0.000000980. The molecule has 0 saturated heterocycles. The summed E-state index contributed by atoms with van der Waals surface area (Å²) in [6, 6.07) is 0.337. The van der Waals surface area contributed by atoms with Crippen molar-refractivity contribution >= 4 is 12.4 Å². The minimum Gasteiger partial charge on any atom is -0.332 e. The fourth-order valence-electron chi connectivity index (χ4n) is 1.97. The third kappa shape index (κ3) is 1.93. The maximum atomic E-state index is 5.89. The molecule has 2 rings (SSSR count). The monoisotopic (exact) mass is 215 g/mol. The average Bonchev–Trinajstić information content (AvgIpc) is 2.46. The zero-order chi connectivity index (χ0) is 9.42. The highest BCUT2D eigenvalue weighted by Crippen LogP contribution is 2.20. The van der Waals surface area contributed by atoms with Crippen molar-refractivity contribution in [2.45, 2.75) is 45.2 Å². The van der Waals surface area contributed by atoms with E-state index < -0.39 is 0 Å². The first-order valence-corrected chi connectivity index (χ1v) is 4.98. The lowest BCUT2D eigenvalue weighted by Crippen LogP contribution is -2.31. The van der Waals surface area contributed by atoms with Crippen LogP contribution in [0.3, 0.4) is 0 Å². The molecule has 0 saturated carbocycles. The lowest BCUT2D eigenvalue weighted by atomic mass is 10.1. The van der Waals surface area contributed by atoms with Gasteiger partial charge >= 0.3 is 0 Å². The van der Waals surface area contributed by atoms with Gasteiger partial charge in [-0.25, -0.2) is 4.98 Å². The summed E-state index contributed by atoms with van der Waals surface area (Å²) in [5, 5.41) is 0. The van der Waals surface area contributed by atoms with Crippen molar-refractivity contribution in [1.29, 1.82) is 0 Å². The molecule has 1 aromatic rings. The van der Waals surface area contributed by atoms with Crippen LogP contribution in [0.25, 0.3) is 0 Å². The fraction of sp³-hybridized carbons (Fsp3) is 0.700. The van der Waals surface area contributed by atoms with Gasteiger partial charge in [0.1, 0.15) is 5.82 Å². The summed E-state index contributed by atoms with van der Waals surface area (Å²) in [7, 11) is 0. The van der Waals surface area contributed by atoms with Gasteiger partial charge in [-0.05, 0) is 6.42 Å². The van der Waals surface area contributed by atoms with Crippen molar-refractivity contribution in [1.82, 2.24) is 9.55 Å². The van der Waals surface area contributed by atoms with Gasteiger partial charge in [0.2, 0.25) is 0 Å². The molecular formula is C10H18ClN3. The number of fused-ring (bicyclic) bond motifs is 1. The Morgan fingerprint density at radius 1 is 1.57 bits per heavy atom. The van der Waals surface area contributed by atoms with Gasteiger partial charge in [0, 0.05) is 36.8 Å². The molecule has 0 bridgehead atoms. The minimum absolute atomic E-state index is 0. The van der Waals surface area contributed by atoms with E-state index in [1.165, 1.54) is 11.5 Å².